The highest BCUT2D eigenvalue weighted by atomic mass is 16.5. The van der Waals surface area contributed by atoms with Gasteiger partial charge in [0.25, 0.3) is 5.91 Å². The SMILES string of the molecule is COc1ccc(C(=O)N2C[C@H]3CCCN(Cc4ccc(OC)c(OC)c4OC)[C@H]3C2)cc1. The predicted octanol–water partition coefficient (Wildman–Crippen LogP) is 3.46. The maximum absolute atomic E-state index is 13.1. The maximum Gasteiger partial charge on any atom is 0.253 e. The smallest absolute Gasteiger partial charge is 0.253 e. The highest BCUT2D eigenvalue weighted by Crippen LogP contribution is 2.41. The third kappa shape index (κ3) is 4.21. The molecule has 2 aliphatic heterocycles. The van der Waals surface area contributed by atoms with E-state index < -0.39 is 0 Å². The molecule has 2 heterocycles. The lowest BCUT2D eigenvalue weighted by molar-refractivity contribution is 0.0774. The second-order valence-electron chi connectivity index (χ2n) is 8.37. The lowest BCUT2D eigenvalue weighted by Crippen LogP contribution is -2.44. The van der Waals surface area contributed by atoms with Gasteiger partial charge in [0, 0.05) is 36.8 Å². The zero-order valence-electron chi connectivity index (χ0n) is 19.3. The lowest BCUT2D eigenvalue weighted by Gasteiger charge is -2.37. The summed E-state index contributed by atoms with van der Waals surface area (Å²) in [6.07, 6.45) is 2.28. The zero-order valence-corrected chi connectivity index (χ0v) is 19.3. The molecule has 0 radical (unpaired) electrons. The van der Waals surface area contributed by atoms with Crippen molar-refractivity contribution in [2.75, 3.05) is 48.1 Å². The molecule has 1 amide bonds. The molecule has 2 fully saturated rings. The summed E-state index contributed by atoms with van der Waals surface area (Å²) in [4.78, 5) is 17.6. The van der Waals surface area contributed by atoms with Crippen LogP contribution in [0, 0.1) is 5.92 Å². The number of benzene rings is 2. The van der Waals surface area contributed by atoms with Crippen LogP contribution in [0.1, 0.15) is 28.8 Å². The van der Waals surface area contributed by atoms with Crippen molar-refractivity contribution in [3.05, 3.63) is 47.5 Å². The molecule has 2 saturated heterocycles. The number of carbonyl (C=O) groups excluding carboxylic acids is 1. The van der Waals surface area contributed by atoms with Crippen LogP contribution in [0.15, 0.2) is 36.4 Å². The summed E-state index contributed by atoms with van der Waals surface area (Å²) >= 11 is 0. The number of amides is 1. The van der Waals surface area contributed by atoms with Crippen molar-refractivity contribution >= 4 is 5.91 Å². The number of carbonyl (C=O) groups is 1. The van der Waals surface area contributed by atoms with Crippen LogP contribution < -0.4 is 18.9 Å². The average molecular weight is 441 g/mol. The second-order valence-corrected chi connectivity index (χ2v) is 8.37. The van der Waals surface area contributed by atoms with Gasteiger partial charge >= 0.3 is 0 Å². The van der Waals surface area contributed by atoms with Crippen LogP contribution in [0.4, 0.5) is 0 Å². The fraction of sp³-hybridized carbons (Fsp3) is 0.480. The van der Waals surface area contributed by atoms with E-state index in [1.807, 2.05) is 41.3 Å². The Morgan fingerprint density at radius 1 is 0.906 bits per heavy atom. The maximum atomic E-state index is 13.1. The Morgan fingerprint density at radius 2 is 1.66 bits per heavy atom. The van der Waals surface area contributed by atoms with E-state index in [9.17, 15) is 4.79 Å². The van der Waals surface area contributed by atoms with Gasteiger partial charge < -0.3 is 23.8 Å². The normalized spacial score (nSPS) is 20.6. The molecule has 0 saturated carbocycles. The molecule has 0 aliphatic carbocycles. The van der Waals surface area contributed by atoms with Gasteiger partial charge in [-0.3, -0.25) is 9.69 Å². The Hall–Kier alpha value is -2.93. The summed E-state index contributed by atoms with van der Waals surface area (Å²) in [5.74, 6) is 3.30. The van der Waals surface area contributed by atoms with E-state index in [4.69, 9.17) is 18.9 Å². The number of ether oxygens (including phenoxy) is 4. The highest BCUT2D eigenvalue weighted by molar-refractivity contribution is 5.94. The van der Waals surface area contributed by atoms with E-state index in [1.165, 1.54) is 0 Å². The van der Waals surface area contributed by atoms with Gasteiger partial charge in [-0.1, -0.05) is 6.07 Å². The van der Waals surface area contributed by atoms with Crippen molar-refractivity contribution in [2.24, 2.45) is 5.92 Å². The Morgan fingerprint density at radius 3 is 2.31 bits per heavy atom. The minimum absolute atomic E-state index is 0.0886. The Balaban J connectivity index is 1.51. The van der Waals surface area contributed by atoms with Gasteiger partial charge in [0.1, 0.15) is 5.75 Å². The van der Waals surface area contributed by atoms with Gasteiger partial charge in [0.15, 0.2) is 11.5 Å². The molecule has 7 heteroatoms. The first-order valence-electron chi connectivity index (χ1n) is 11.0. The van der Waals surface area contributed by atoms with Gasteiger partial charge in [0.05, 0.1) is 28.4 Å². The molecule has 0 spiro atoms. The Bertz CT molecular complexity index is 946. The summed E-state index contributed by atoms with van der Waals surface area (Å²) < 4.78 is 21.9. The number of fused-ring (bicyclic) bond motifs is 1. The molecular weight excluding hydrogens is 408 g/mol. The third-order valence-corrected chi connectivity index (χ3v) is 6.68. The van der Waals surface area contributed by atoms with Crippen LogP contribution in [0.5, 0.6) is 23.0 Å². The number of nitrogens with zero attached hydrogens (tertiary/aromatic N) is 2. The largest absolute Gasteiger partial charge is 0.497 e. The quantitative estimate of drug-likeness (QED) is 0.657. The number of piperidine rings is 1. The predicted molar refractivity (Wildman–Crippen MR) is 122 cm³/mol. The molecular formula is C25H32N2O5. The second kappa shape index (κ2) is 9.69. The van der Waals surface area contributed by atoms with Crippen molar-refractivity contribution in [2.45, 2.75) is 25.4 Å². The van der Waals surface area contributed by atoms with Crippen LogP contribution in [-0.4, -0.2) is 69.8 Å². The fourth-order valence-corrected chi connectivity index (χ4v) is 5.06. The van der Waals surface area contributed by atoms with Gasteiger partial charge in [-0.15, -0.1) is 0 Å². The average Bonchev–Trinajstić information content (AvgIpc) is 3.28. The van der Waals surface area contributed by atoms with Gasteiger partial charge in [-0.2, -0.15) is 0 Å². The summed E-state index contributed by atoms with van der Waals surface area (Å²) in [6, 6.07) is 11.7. The highest BCUT2D eigenvalue weighted by Gasteiger charge is 2.41. The molecule has 2 aliphatic rings. The van der Waals surface area contributed by atoms with Gasteiger partial charge in [-0.25, -0.2) is 0 Å². The molecule has 2 atom stereocenters. The standard InChI is InChI=1S/C25H32N2O5/c1-29-20-10-7-17(8-11-20)25(28)27-14-18-6-5-13-26(21(18)16-27)15-19-9-12-22(30-2)24(32-4)23(19)31-3/h7-12,18,21H,5-6,13-16H2,1-4H3/t18-,21+/m1/s1. The van der Waals surface area contributed by atoms with E-state index >= 15 is 0 Å². The monoisotopic (exact) mass is 440 g/mol. The first-order chi connectivity index (χ1) is 15.6. The van der Waals surface area contributed by atoms with Crippen LogP contribution in [0.3, 0.4) is 0 Å². The van der Waals surface area contributed by atoms with Crippen LogP contribution in [-0.2, 0) is 6.54 Å². The summed E-state index contributed by atoms with van der Waals surface area (Å²) in [5.41, 5.74) is 1.77. The van der Waals surface area contributed by atoms with E-state index in [2.05, 4.69) is 4.90 Å². The number of methoxy groups -OCH3 is 4. The van der Waals surface area contributed by atoms with Crippen LogP contribution in [0.2, 0.25) is 0 Å². The Kier molecular flexibility index (Phi) is 6.74. The molecule has 32 heavy (non-hydrogen) atoms. The Labute approximate surface area is 189 Å². The molecule has 172 valence electrons. The van der Waals surface area contributed by atoms with Crippen molar-refractivity contribution < 1.29 is 23.7 Å². The van der Waals surface area contributed by atoms with E-state index in [-0.39, 0.29) is 5.91 Å². The van der Waals surface area contributed by atoms with E-state index in [0.29, 0.717) is 34.8 Å². The molecule has 0 N–H and O–H groups in total. The molecule has 7 nitrogen and oxygen atoms in total. The van der Waals surface area contributed by atoms with Crippen molar-refractivity contribution in [1.29, 1.82) is 0 Å². The summed E-state index contributed by atoms with van der Waals surface area (Å²) in [7, 11) is 6.54. The number of hydrogen-bond donors (Lipinski definition) is 0. The number of rotatable bonds is 7. The van der Waals surface area contributed by atoms with Crippen LogP contribution in [0.25, 0.3) is 0 Å². The van der Waals surface area contributed by atoms with E-state index in [1.54, 1.807) is 28.4 Å². The van der Waals surface area contributed by atoms with Crippen molar-refractivity contribution in [3.8, 4) is 23.0 Å². The van der Waals surface area contributed by atoms with Crippen molar-refractivity contribution in [3.63, 3.8) is 0 Å². The number of likely N-dealkylation sites (tertiary alicyclic amines) is 2. The molecule has 0 bridgehead atoms. The summed E-state index contributed by atoms with van der Waals surface area (Å²) in [6.45, 7) is 3.29. The first kappa shape index (κ1) is 22.3. The molecule has 4 rings (SSSR count). The van der Waals surface area contributed by atoms with E-state index in [0.717, 1.165) is 50.3 Å². The third-order valence-electron chi connectivity index (χ3n) is 6.68. The van der Waals surface area contributed by atoms with Crippen molar-refractivity contribution in [1.82, 2.24) is 9.80 Å². The molecule has 2 aromatic rings. The molecule has 0 aromatic heterocycles. The topological polar surface area (TPSA) is 60.5 Å². The fourth-order valence-electron chi connectivity index (χ4n) is 5.06. The van der Waals surface area contributed by atoms with Gasteiger partial charge in [-0.05, 0) is 55.6 Å². The molecule has 2 aromatic carbocycles. The van der Waals surface area contributed by atoms with Gasteiger partial charge in [0.2, 0.25) is 5.75 Å². The minimum Gasteiger partial charge on any atom is -0.497 e. The summed E-state index contributed by atoms with van der Waals surface area (Å²) in [5, 5.41) is 0. The minimum atomic E-state index is 0.0886. The molecule has 0 unspecified atom stereocenters. The lowest BCUT2D eigenvalue weighted by atomic mass is 9.91. The van der Waals surface area contributed by atoms with Crippen LogP contribution >= 0.6 is 0 Å². The number of hydrogen-bond acceptors (Lipinski definition) is 6. The zero-order chi connectivity index (χ0) is 22.7. The first-order valence-corrected chi connectivity index (χ1v) is 11.0.